The zero-order valence-electron chi connectivity index (χ0n) is 19.6. The van der Waals surface area contributed by atoms with Crippen molar-refractivity contribution in [3.05, 3.63) is 89.0 Å². The minimum Gasteiger partial charge on any atom is -0.385 e. The van der Waals surface area contributed by atoms with Gasteiger partial charge >= 0.3 is 0 Å². The average molecular weight is 469 g/mol. The summed E-state index contributed by atoms with van der Waals surface area (Å²) in [5.41, 5.74) is 5.52. The summed E-state index contributed by atoms with van der Waals surface area (Å²) in [5.74, 6) is -0.403. The van der Waals surface area contributed by atoms with Crippen LogP contribution < -0.4 is 0 Å². The van der Waals surface area contributed by atoms with Crippen molar-refractivity contribution in [2.45, 2.75) is 39.2 Å². The van der Waals surface area contributed by atoms with Gasteiger partial charge in [-0.05, 0) is 54.4 Å². The van der Waals surface area contributed by atoms with Crippen LogP contribution in [0.25, 0.3) is 11.1 Å². The molecule has 3 aromatic rings. The molecule has 2 aliphatic rings. The van der Waals surface area contributed by atoms with Crippen molar-refractivity contribution < 1.29 is 14.0 Å². The maximum atomic E-state index is 14.9. The average Bonchev–Trinajstić information content (AvgIpc) is 3.57. The molecule has 2 aliphatic heterocycles. The number of rotatable bonds is 7. The second kappa shape index (κ2) is 9.70. The van der Waals surface area contributed by atoms with E-state index in [4.69, 9.17) is 4.84 Å². The molecule has 0 aliphatic carbocycles. The number of aromatic nitrogens is 1. The molecule has 0 N–H and O–H groups in total. The number of hydrogen-bond donors (Lipinski definition) is 0. The van der Waals surface area contributed by atoms with Gasteiger partial charge < -0.3 is 4.84 Å². The predicted molar refractivity (Wildman–Crippen MR) is 134 cm³/mol. The number of hydrogen-bond acceptors (Lipinski definition) is 6. The van der Waals surface area contributed by atoms with Gasteiger partial charge in [0.05, 0.1) is 11.4 Å². The number of ketones is 1. The van der Waals surface area contributed by atoms with E-state index < -0.39 is 0 Å². The van der Waals surface area contributed by atoms with Crippen LogP contribution in [0.1, 0.15) is 59.5 Å². The Morgan fingerprint density at radius 2 is 2.00 bits per heavy atom. The summed E-state index contributed by atoms with van der Waals surface area (Å²) in [5, 5.41) is 12.3. The highest BCUT2D eigenvalue weighted by atomic mass is 19.1. The Labute approximate surface area is 203 Å². The van der Waals surface area contributed by atoms with E-state index in [0.29, 0.717) is 41.7 Å². The van der Waals surface area contributed by atoms with Gasteiger partial charge in [0, 0.05) is 60.0 Å². The van der Waals surface area contributed by atoms with E-state index in [9.17, 15) is 9.18 Å². The first-order valence-electron chi connectivity index (χ1n) is 11.6. The van der Waals surface area contributed by atoms with Gasteiger partial charge in [0.25, 0.3) is 0 Å². The second-order valence-corrected chi connectivity index (χ2v) is 8.99. The van der Waals surface area contributed by atoms with Crippen LogP contribution in [0, 0.1) is 18.7 Å². The Balaban J connectivity index is 1.48. The second-order valence-electron chi connectivity index (χ2n) is 8.99. The van der Waals surface area contributed by atoms with Crippen LogP contribution in [-0.2, 0) is 4.84 Å². The Hall–Kier alpha value is -4.00. The number of nitrogens with zero attached hydrogens (tertiary/aromatic N) is 4. The van der Waals surface area contributed by atoms with Gasteiger partial charge in [-0.15, -0.1) is 0 Å². The summed E-state index contributed by atoms with van der Waals surface area (Å²) in [6.07, 6.45) is 4.62. The monoisotopic (exact) mass is 468 g/mol. The van der Waals surface area contributed by atoms with Crippen LogP contribution in [0.4, 0.5) is 4.39 Å². The Bertz CT molecular complexity index is 1360. The fourth-order valence-corrected chi connectivity index (χ4v) is 4.34. The molecule has 0 spiro atoms. The number of benzene rings is 2. The molecule has 7 heteroatoms. The number of halogens is 1. The summed E-state index contributed by atoms with van der Waals surface area (Å²) in [7, 11) is 0. The first-order chi connectivity index (χ1) is 17.0. The van der Waals surface area contributed by atoms with Gasteiger partial charge in [-0.2, -0.15) is 10.2 Å². The highest BCUT2D eigenvalue weighted by molar-refractivity contribution is 6.07. The van der Waals surface area contributed by atoms with Crippen LogP contribution in [0.5, 0.6) is 0 Å². The molecule has 1 aromatic heterocycles. The molecule has 6 nitrogen and oxygen atoms in total. The fraction of sp³-hybridized carbons (Fsp3) is 0.250. The summed E-state index contributed by atoms with van der Waals surface area (Å²) in [6.45, 7) is 3.82. The number of carbonyl (C=O) groups is 1. The van der Waals surface area contributed by atoms with Crippen molar-refractivity contribution in [3.63, 3.8) is 0 Å². The van der Waals surface area contributed by atoms with Crippen LogP contribution >= 0.6 is 0 Å². The highest BCUT2D eigenvalue weighted by Crippen LogP contribution is 2.32. The van der Waals surface area contributed by atoms with Crippen LogP contribution in [-0.4, -0.2) is 28.4 Å². The topological polar surface area (TPSA) is 76.3 Å². The molecule has 176 valence electrons. The van der Waals surface area contributed by atoms with Gasteiger partial charge in [0.15, 0.2) is 11.9 Å². The molecular formula is C28H25FN4O2. The predicted octanol–water partition coefficient (Wildman–Crippen LogP) is 6.10. The van der Waals surface area contributed by atoms with Crippen molar-refractivity contribution >= 4 is 23.4 Å². The molecule has 3 heterocycles. The van der Waals surface area contributed by atoms with Crippen molar-refractivity contribution in [3.8, 4) is 11.1 Å². The molecule has 0 bridgehead atoms. The number of oxime groups is 1. The first-order valence-corrected chi connectivity index (χ1v) is 11.6. The van der Waals surface area contributed by atoms with Crippen LogP contribution in [0.15, 0.2) is 76.2 Å². The molecule has 0 saturated heterocycles. The van der Waals surface area contributed by atoms with Crippen molar-refractivity contribution in [1.29, 1.82) is 0 Å². The Morgan fingerprint density at radius 3 is 2.74 bits per heavy atom. The van der Waals surface area contributed by atoms with E-state index in [1.807, 2.05) is 50.2 Å². The summed E-state index contributed by atoms with van der Waals surface area (Å²) in [6, 6.07) is 16.2. The van der Waals surface area contributed by atoms with Crippen molar-refractivity contribution in [1.82, 2.24) is 4.98 Å². The Morgan fingerprint density at radius 1 is 1.14 bits per heavy atom. The van der Waals surface area contributed by atoms with Crippen LogP contribution in [0.2, 0.25) is 0 Å². The van der Waals surface area contributed by atoms with Gasteiger partial charge in [0.2, 0.25) is 0 Å². The highest BCUT2D eigenvalue weighted by Gasteiger charge is 2.26. The van der Waals surface area contributed by atoms with E-state index in [1.165, 1.54) is 6.07 Å². The summed E-state index contributed by atoms with van der Waals surface area (Å²) < 4.78 is 14.9. The van der Waals surface area contributed by atoms with Crippen molar-refractivity contribution in [2.75, 3.05) is 0 Å². The van der Waals surface area contributed by atoms with Crippen molar-refractivity contribution in [2.24, 2.45) is 21.3 Å². The summed E-state index contributed by atoms with van der Waals surface area (Å²) in [4.78, 5) is 23.3. The molecule has 5 rings (SSSR count). The maximum Gasteiger partial charge on any atom is 0.174 e. The largest absolute Gasteiger partial charge is 0.385 e. The zero-order chi connectivity index (χ0) is 24.4. The lowest BCUT2D eigenvalue weighted by Crippen LogP contribution is -2.15. The summed E-state index contributed by atoms with van der Waals surface area (Å²) >= 11 is 0. The molecule has 1 unspecified atom stereocenters. The minimum absolute atomic E-state index is 0.0334. The van der Waals surface area contributed by atoms with Gasteiger partial charge in [-0.3, -0.25) is 9.78 Å². The van der Waals surface area contributed by atoms with E-state index in [0.717, 1.165) is 22.5 Å². The zero-order valence-corrected chi connectivity index (χ0v) is 19.6. The van der Waals surface area contributed by atoms with E-state index >= 15 is 0 Å². The number of pyridine rings is 1. The normalized spacial score (nSPS) is 17.6. The smallest absolute Gasteiger partial charge is 0.174 e. The van der Waals surface area contributed by atoms with E-state index in [1.54, 1.807) is 24.5 Å². The SMILES string of the molecule is Cc1ccc(-c2cc(C(=O)C[C@H](C)C3=NN=CC3)cc(C3=NOC(c4ccccn4)C3)c2)c(F)c1. The van der Waals surface area contributed by atoms with Crippen LogP contribution in [0.3, 0.4) is 0 Å². The minimum atomic E-state index is -0.331. The molecule has 0 saturated carbocycles. The molecule has 2 aromatic carbocycles. The van der Waals surface area contributed by atoms with Gasteiger partial charge in [0.1, 0.15) is 5.82 Å². The molecule has 35 heavy (non-hydrogen) atoms. The van der Waals surface area contributed by atoms with E-state index in [-0.39, 0.29) is 23.6 Å². The number of carbonyl (C=O) groups excluding carboxylic acids is 1. The fourth-order valence-electron chi connectivity index (χ4n) is 4.34. The van der Waals surface area contributed by atoms with E-state index in [2.05, 4.69) is 20.3 Å². The lowest BCUT2D eigenvalue weighted by atomic mass is 9.90. The third kappa shape index (κ3) is 4.94. The third-order valence-electron chi connectivity index (χ3n) is 6.34. The first kappa shape index (κ1) is 22.8. The lowest BCUT2D eigenvalue weighted by molar-refractivity contribution is 0.0826. The lowest BCUT2D eigenvalue weighted by Gasteiger charge is -2.13. The van der Waals surface area contributed by atoms with Gasteiger partial charge in [-0.25, -0.2) is 4.39 Å². The standard InChI is InChI=1S/C28H25FN4O2/c1-17-6-7-22(23(29)11-17)19-13-20(26-16-28(35-33-26)25-5-3-4-9-30-25)15-21(14-19)27(34)12-18(2)24-8-10-31-32-24/h3-7,9-11,13-15,18,28H,8,12,16H2,1-2H3/t18-,28?/m0/s1. The molecule has 0 fully saturated rings. The Kier molecular flexibility index (Phi) is 6.31. The number of aryl methyl sites for hydroxylation is 1. The number of Topliss-reactive ketones (excluding diaryl/α,β-unsaturated/α-hetero) is 1. The molecular weight excluding hydrogens is 443 g/mol. The maximum absolute atomic E-state index is 14.9. The molecule has 2 atom stereocenters. The third-order valence-corrected chi connectivity index (χ3v) is 6.34. The molecule has 0 amide bonds. The quantitative estimate of drug-likeness (QED) is 0.393. The molecule has 0 radical (unpaired) electrons. The van der Waals surface area contributed by atoms with Gasteiger partial charge in [-0.1, -0.05) is 30.3 Å².